The Morgan fingerprint density at radius 2 is 1.94 bits per heavy atom. The highest BCUT2D eigenvalue weighted by atomic mass is 16.5. The van der Waals surface area contributed by atoms with Gasteiger partial charge in [-0.1, -0.05) is 31.5 Å². The summed E-state index contributed by atoms with van der Waals surface area (Å²) in [5.41, 5.74) is 5.35. The van der Waals surface area contributed by atoms with E-state index < -0.39 is 29.7 Å². The zero-order valence-corrected chi connectivity index (χ0v) is 19.6. The van der Waals surface area contributed by atoms with Crippen molar-refractivity contribution in [1.29, 1.82) is 0 Å². The molecule has 0 aliphatic rings. The van der Waals surface area contributed by atoms with Crippen molar-refractivity contribution in [1.82, 2.24) is 19.3 Å². The molecule has 12 heteroatoms. The molecular formula is C23H28N6O6. The van der Waals surface area contributed by atoms with Crippen LogP contribution < -0.4 is 21.9 Å². The first-order valence-corrected chi connectivity index (χ1v) is 11.1. The number of H-pyrrole nitrogens is 1. The number of amides is 1. The van der Waals surface area contributed by atoms with E-state index in [0.717, 1.165) is 17.0 Å². The molecular weight excluding hydrogens is 456 g/mol. The second kappa shape index (κ2) is 11.8. The van der Waals surface area contributed by atoms with E-state index in [1.807, 2.05) is 37.3 Å². The monoisotopic (exact) mass is 484 g/mol. The van der Waals surface area contributed by atoms with Crippen LogP contribution in [-0.2, 0) is 20.8 Å². The second-order valence-electron chi connectivity index (χ2n) is 7.62. The van der Waals surface area contributed by atoms with Crippen LogP contribution in [-0.4, -0.2) is 58.1 Å². The molecule has 1 aromatic carbocycles. The summed E-state index contributed by atoms with van der Waals surface area (Å²) in [5, 5.41) is 4.13. The molecule has 0 saturated carbocycles. The summed E-state index contributed by atoms with van der Waals surface area (Å²) >= 11 is 0. The first-order chi connectivity index (χ1) is 16.9. The van der Waals surface area contributed by atoms with Crippen LogP contribution in [0.3, 0.4) is 0 Å². The lowest BCUT2D eigenvalue weighted by atomic mass is 10.3. The van der Waals surface area contributed by atoms with Crippen molar-refractivity contribution < 1.29 is 19.1 Å². The van der Waals surface area contributed by atoms with Gasteiger partial charge >= 0.3 is 11.7 Å². The Morgan fingerprint density at radius 3 is 2.63 bits per heavy atom. The first kappa shape index (κ1) is 25.4. The maximum Gasteiger partial charge on any atom is 0.341 e. The smallest absolute Gasteiger partial charge is 0.341 e. The molecule has 0 spiro atoms. The van der Waals surface area contributed by atoms with Crippen LogP contribution in [0, 0.1) is 0 Å². The van der Waals surface area contributed by atoms with E-state index >= 15 is 0 Å². The summed E-state index contributed by atoms with van der Waals surface area (Å²) in [5.74, 6) is -1.61. The predicted octanol–water partition coefficient (Wildman–Crippen LogP) is 0.941. The summed E-state index contributed by atoms with van der Waals surface area (Å²) in [6, 6.07) is 9.17. The minimum atomic E-state index is -0.819. The van der Waals surface area contributed by atoms with Gasteiger partial charge in [0.15, 0.2) is 12.3 Å². The standard InChI is InChI=1S/C23H28N6O6/c1-3-4-10-28-20(24)19(21(31)26-23(28)33)27(11-12-34-2)18(30)15-35-22(32)16-13-25-29(14-16)17-8-6-5-7-9-17/h5-9,13-14H,3-4,10-12,15,24H2,1-2H3,(H,26,31,33). The number of rotatable bonds is 11. The second-order valence-corrected chi connectivity index (χ2v) is 7.62. The van der Waals surface area contributed by atoms with Gasteiger partial charge in [0.25, 0.3) is 11.5 Å². The molecule has 3 aromatic rings. The Balaban J connectivity index is 1.79. The third kappa shape index (κ3) is 6.03. The Hall–Kier alpha value is -4.19. The Labute approximate surface area is 200 Å². The zero-order chi connectivity index (χ0) is 25.4. The van der Waals surface area contributed by atoms with Gasteiger partial charge in [0.05, 0.1) is 24.1 Å². The molecule has 3 N–H and O–H groups in total. The molecule has 186 valence electrons. The summed E-state index contributed by atoms with van der Waals surface area (Å²) < 4.78 is 12.9. The van der Waals surface area contributed by atoms with Crippen molar-refractivity contribution in [2.24, 2.45) is 0 Å². The maximum atomic E-state index is 13.0. The normalized spacial score (nSPS) is 10.8. The number of nitrogens with zero attached hydrogens (tertiary/aromatic N) is 4. The largest absolute Gasteiger partial charge is 0.452 e. The lowest BCUT2D eigenvalue weighted by Crippen LogP contribution is -2.44. The number of carbonyl (C=O) groups is 2. The van der Waals surface area contributed by atoms with Crippen LogP contribution in [0.4, 0.5) is 11.5 Å². The van der Waals surface area contributed by atoms with Crippen molar-refractivity contribution in [3.63, 3.8) is 0 Å². The van der Waals surface area contributed by atoms with Crippen LogP contribution in [0.5, 0.6) is 0 Å². The van der Waals surface area contributed by atoms with Gasteiger partial charge < -0.3 is 15.2 Å². The number of carbonyl (C=O) groups excluding carboxylic acids is 2. The minimum absolute atomic E-state index is 0.0436. The lowest BCUT2D eigenvalue weighted by molar-refractivity contribution is -0.121. The molecule has 0 bridgehead atoms. The van der Waals surface area contributed by atoms with Gasteiger partial charge in [-0.2, -0.15) is 5.10 Å². The predicted molar refractivity (Wildman–Crippen MR) is 129 cm³/mol. The first-order valence-electron chi connectivity index (χ1n) is 11.1. The average molecular weight is 485 g/mol. The fourth-order valence-corrected chi connectivity index (χ4v) is 3.36. The van der Waals surface area contributed by atoms with Gasteiger partial charge in [-0.25, -0.2) is 14.3 Å². The Bertz CT molecular complexity index is 1280. The number of para-hydroxylation sites is 1. The Kier molecular flexibility index (Phi) is 8.57. The molecule has 0 unspecified atom stereocenters. The van der Waals surface area contributed by atoms with Crippen LogP contribution >= 0.6 is 0 Å². The lowest BCUT2D eigenvalue weighted by Gasteiger charge is -2.24. The number of anilines is 2. The van der Waals surface area contributed by atoms with Gasteiger partial charge in [-0.3, -0.25) is 24.0 Å². The van der Waals surface area contributed by atoms with E-state index in [0.29, 0.717) is 6.42 Å². The van der Waals surface area contributed by atoms with Crippen LogP contribution in [0.2, 0.25) is 0 Å². The molecule has 2 aromatic heterocycles. The van der Waals surface area contributed by atoms with Crippen molar-refractivity contribution in [2.75, 3.05) is 37.5 Å². The summed E-state index contributed by atoms with van der Waals surface area (Å²) in [6.45, 7) is 1.60. The fourth-order valence-electron chi connectivity index (χ4n) is 3.36. The summed E-state index contributed by atoms with van der Waals surface area (Å²) in [4.78, 5) is 53.6. The van der Waals surface area contributed by atoms with E-state index in [-0.39, 0.29) is 36.8 Å². The van der Waals surface area contributed by atoms with Crippen LogP contribution in [0.15, 0.2) is 52.3 Å². The number of nitrogens with two attached hydrogens (primary N) is 1. The zero-order valence-electron chi connectivity index (χ0n) is 19.6. The van der Waals surface area contributed by atoms with Crippen molar-refractivity contribution in [3.8, 4) is 5.69 Å². The molecule has 35 heavy (non-hydrogen) atoms. The number of methoxy groups -OCH3 is 1. The number of nitrogen functional groups attached to an aromatic ring is 1. The van der Waals surface area contributed by atoms with E-state index in [1.54, 1.807) is 0 Å². The third-order valence-electron chi connectivity index (χ3n) is 5.21. The number of aromatic amines is 1. The van der Waals surface area contributed by atoms with Gasteiger partial charge in [-0.05, 0) is 18.6 Å². The molecule has 0 fully saturated rings. The van der Waals surface area contributed by atoms with E-state index in [4.69, 9.17) is 15.2 Å². The van der Waals surface area contributed by atoms with Gasteiger partial charge in [-0.15, -0.1) is 0 Å². The number of esters is 1. The summed E-state index contributed by atoms with van der Waals surface area (Å²) in [7, 11) is 1.43. The van der Waals surface area contributed by atoms with Gasteiger partial charge in [0.1, 0.15) is 5.82 Å². The van der Waals surface area contributed by atoms with Crippen molar-refractivity contribution >= 4 is 23.4 Å². The highest BCUT2D eigenvalue weighted by Crippen LogP contribution is 2.18. The topological polar surface area (TPSA) is 155 Å². The summed E-state index contributed by atoms with van der Waals surface area (Å²) in [6.07, 6.45) is 4.26. The number of benzene rings is 1. The number of aromatic nitrogens is 4. The molecule has 0 aliphatic carbocycles. The molecule has 12 nitrogen and oxygen atoms in total. The Morgan fingerprint density at radius 1 is 1.20 bits per heavy atom. The van der Waals surface area contributed by atoms with Crippen LogP contribution in [0.25, 0.3) is 5.69 Å². The molecule has 0 aliphatic heterocycles. The van der Waals surface area contributed by atoms with E-state index in [9.17, 15) is 19.2 Å². The molecule has 0 atom stereocenters. The third-order valence-corrected chi connectivity index (χ3v) is 5.21. The molecule has 0 saturated heterocycles. The quantitative estimate of drug-likeness (QED) is 0.381. The maximum absolute atomic E-state index is 13.0. The highest BCUT2D eigenvalue weighted by molar-refractivity contribution is 5.98. The molecule has 0 radical (unpaired) electrons. The molecule has 1 amide bonds. The SMILES string of the molecule is CCCCn1c(N)c(N(CCOC)C(=O)COC(=O)c2cnn(-c3ccccc3)c2)c(=O)[nH]c1=O. The minimum Gasteiger partial charge on any atom is -0.452 e. The van der Waals surface area contributed by atoms with Crippen molar-refractivity contribution in [2.45, 2.75) is 26.3 Å². The van der Waals surface area contributed by atoms with E-state index in [2.05, 4.69) is 10.1 Å². The molecule has 2 heterocycles. The fraction of sp³-hybridized carbons (Fsp3) is 0.348. The number of unbranched alkanes of at least 4 members (excludes halogenated alkanes) is 1. The van der Waals surface area contributed by atoms with Gasteiger partial charge in [0.2, 0.25) is 0 Å². The number of nitrogens with one attached hydrogen (secondary N) is 1. The number of hydrogen-bond donors (Lipinski definition) is 2. The van der Waals surface area contributed by atoms with E-state index in [1.165, 1.54) is 28.8 Å². The molecule has 3 rings (SSSR count). The van der Waals surface area contributed by atoms with Crippen molar-refractivity contribution in [3.05, 3.63) is 69.1 Å². The highest BCUT2D eigenvalue weighted by Gasteiger charge is 2.25. The number of hydrogen-bond acceptors (Lipinski definition) is 8. The number of ether oxygens (including phenoxy) is 2. The van der Waals surface area contributed by atoms with Gasteiger partial charge in [0, 0.05) is 26.4 Å². The van der Waals surface area contributed by atoms with Crippen LogP contribution in [0.1, 0.15) is 30.1 Å². The average Bonchev–Trinajstić information content (AvgIpc) is 3.35.